The van der Waals surface area contributed by atoms with Crippen LogP contribution >= 0.6 is 23.5 Å². The van der Waals surface area contributed by atoms with Gasteiger partial charge in [0.15, 0.2) is 9.84 Å². The molecule has 1 amide bonds. The summed E-state index contributed by atoms with van der Waals surface area (Å²) in [7, 11) is -21.3. The second kappa shape index (κ2) is 15.4. The third kappa shape index (κ3) is 8.77. The first-order valence-electron chi connectivity index (χ1n) is 16.8. The summed E-state index contributed by atoms with van der Waals surface area (Å²) >= 11 is 0. The van der Waals surface area contributed by atoms with E-state index in [9.17, 15) is 41.6 Å². The molecule has 0 bridgehead atoms. The van der Waals surface area contributed by atoms with E-state index in [1.165, 1.54) is 17.2 Å². The van der Waals surface area contributed by atoms with Crippen LogP contribution in [0.3, 0.4) is 0 Å². The van der Waals surface area contributed by atoms with Crippen molar-refractivity contribution >= 4 is 71.5 Å². The molecular weight excluding hydrogens is 813 g/mol. The maximum Gasteiger partial charge on any atom is 0.490 e. The lowest BCUT2D eigenvalue weighted by Gasteiger charge is -2.32. The Labute approximate surface area is 320 Å². The minimum Gasteiger partial charge on any atom is -0.491 e. The zero-order valence-corrected chi connectivity index (χ0v) is 32.9. The van der Waals surface area contributed by atoms with Crippen molar-refractivity contribution in [3.63, 3.8) is 0 Å². The van der Waals surface area contributed by atoms with E-state index in [0.29, 0.717) is 16.7 Å². The fourth-order valence-corrected chi connectivity index (χ4v) is 11.7. The Morgan fingerprint density at radius 3 is 2.21 bits per heavy atom. The van der Waals surface area contributed by atoms with Gasteiger partial charge in [-0.1, -0.05) is 73.3 Å². The molecule has 2 heterocycles. The van der Waals surface area contributed by atoms with Gasteiger partial charge in [-0.3, -0.25) is 13.8 Å². The molecule has 56 heavy (non-hydrogen) atoms. The third-order valence-corrected chi connectivity index (χ3v) is 15.1. The first-order chi connectivity index (χ1) is 26.4. The quantitative estimate of drug-likeness (QED) is 0.0689. The number of para-hydroxylation sites is 1. The molecule has 0 radical (unpaired) electrons. The summed E-state index contributed by atoms with van der Waals surface area (Å²) in [6, 6.07) is 24.5. The summed E-state index contributed by atoms with van der Waals surface area (Å²) in [6.45, 7) is 4.10. The monoisotopic (exact) mass is 848 g/mol. The van der Waals surface area contributed by atoms with E-state index in [2.05, 4.69) is 20.5 Å². The molecule has 2 aliphatic heterocycles. The van der Waals surface area contributed by atoms with E-state index in [-0.39, 0.29) is 23.7 Å². The Balaban J connectivity index is 1.000. The predicted octanol–water partition coefficient (Wildman–Crippen LogP) is 6.09. The molecule has 296 valence electrons. The van der Waals surface area contributed by atoms with Gasteiger partial charge in [0.05, 0.1) is 17.3 Å². The normalized spacial score (nSPS) is 22.5. The van der Waals surface area contributed by atoms with Gasteiger partial charge in [-0.2, -0.15) is 8.62 Å². The van der Waals surface area contributed by atoms with Gasteiger partial charge < -0.3 is 34.4 Å². The fraction of sp³-hybridized carbons (Fsp3) is 0.229. The summed E-state index contributed by atoms with van der Waals surface area (Å²) in [6.07, 6.45) is -2.14. The first-order valence-corrected chi connectivity index (χ1v) is 23.0. The molecule has 2 aliphatic rings. The molecule has 0 spiro atoms. The molecule has 5 aromatic rings. The first kappa shape index (κ1) is 40.2. The van der Waals surface area contributed by atoms with Crippen LogP contribution in [0.25, 0.3) is 32.3 Å². The molecule has 17 nitrogen and oxygen atoms in total. The van der Waals surface area contributed by atoms with E-state index in [0.717, 1.165) is 26.9 Å². The zero-order chi connectivity index (χ0) is 40.0. The number of amides is 1. The summed E-state index contributed by atoms with van der Waals surface area (Å²) < 4.78 is 95.7. The van der Waals surface area contributed by atoms with Crippen LogP contribution in [0.2, 0.25) is 0 Å². The molecule has 4 N–H and O–H groups in total. The highest BCUT2D eigenvalue weighted by Crippen LogP contribution is 2.68. The highest BCUT2D eigenvalue weighted by molar-refractivity contribution is 7.91. The molecule has 0 aromatic heterocycles. The van der Waals surface area contributed by atoms with Crippen molar-refractivity contribution in [2.75, 3.05) is 19.0 Å². The van der Waals surface area contributed by atoms with Gasteiger partial charge in [0, 0.05) is 23.6 Å². The highest BCUT2D eigenvalue weighted by atomic mass is 32.2. The van der Waals surface area contributed by atoms with Crippen LogP contribution < -0.4 is 10.1 Å². The second-order valence-corrected chi connectivity index (χ2v) is 19.6. The van der Waals surface area contributed by atoms with Crippen LogP contribution in [0.1, 0.15) is 13.3 Å². The maximum absolute atomic E-state index is 13.5. The summed E-state index contributed by atoms with van der Waals surface area (Å²) in [4.78, 5) is 44.5. The molecule has 5 aromatic carbocycles. The minimum absolute atomic E-state index is 0.0683. The van der Waals surface area contributed by atoms with Gasteiger partial charge in [0.1, 0.15) is 36.6 Å². The molecule has 0 saturated carbocycles. The highest BCUT2D eigenvalue weighted by Gasteiger charge is 2.48. The number of benzene rings is 5. The molecule has 0 aliphatic carbocycles. The van der Waals surface area contributed by atoms with Gasteiger partial charge in [-0.05, 0) is 52.1 Å². The zero-order valence-electron chi connectivity index (χ0n) is 29.4. The van der Waals surface area contributed by atoms with Crippen LogP contribution in [0.4, 0.5) is 0 Å². The van der Waals surface area contributed by atoms with E-state index >= 15 is 0 Å². The average molecular weight is 849 g/mol. The minimum atomic E-state index is -5.93. The van der Waals surface area contributed by atoms with Gasteiger partial charge in [-0.25, -0.2) is 22.1 Å². The summed E-state index contributed by atoms with van der Waals surface area (Å²) in [5.74, 6) is -0.695. The Hall–Kier alpha value is -3.99. The van der Waals surface area contributed by atoms with E-state index < -0.39 is 70.0 Å². The van der Waals surface area contributed by atoms with Crippen LogP contribution in [-0.2, 0) is 50.7 Å². The standard InChI is InChI=1S/C35H35N2O15P3S/c1-22-20-37(23(2)36-35(22)38)32-19-29(30(49-32)21-47-27-9-4-3-5-10-27)50-54(41,42)52-55(43,44)51-53(39,40)48-17-18-56(45,46)31-16-14-26-12-11-24-7-6-8-25-13-15-28(31)34(26)33(24)25/h3-16,20,29-30,32H,2,17-19,21H2,1H3,(H,36,38)(H,39,40)(H,41,42)(H,43,44)/t29?,30-,32-/m1/s1. The van der Waals surface area contributed by atoms with Gasteiger partial charge in [0.2, 0.25) is 0 Å². The Morgan fingerprint density at radius 1 is 0.857 bits per heavy atom. The summed E-state index contributed by atoms with van der Waals surface area (Å²) in [5, 5.41) is 7.21. The lowest BCUT2D eigenvalue weighted by atomic mass is 9.94. The molecule has 21 heteroatoms. The van der Waals surface area contributed by atoms with Crippen molar-refractivity contribution in [1.82, 2.24) is 10.2 Å². The number of hydrogen-bond donors (Lipinski definition) is 4. The topological polar surface area (TPSA) is 234 Å². The average Bonchev–Trinajstić information content (AvgIpc) is 3.51. The molecule has 6 atom stereocenters. The maximum atomic E-state index is 13.5. The number of phosphoric ester groups is 2. The summed E-state index contributed by atoms with van der Waals surface area (Å²) in [5.41, 5.74) is 0.303. The Kier molecular flexibility index (Phi) is 11.1. The third-order valence-electron chi connectivity index (χ3n) is 9.02. The number of carbonyl (C=O) groups is 1. The van der Waals surface area contributed by atoms with Crippen molar-refractivity contribution in [1.29, 1.82) is 0 Å². The second-order valence-electron chi connectivity index (χ2n) is 12.9. The van der Waals surface area contributed by atoms with Crippen molar-refractivity contribution in [2.24, 2.45) is 0 Å². The molecule has 4 unspecified atom stereocenters. The number of ether oxygens (including phenoxy) is 2. The van der Waals surface area contributed by atoms with Gasteiger partial charge in [0.25, 0.3) is 5.91 Å². The fourth-order valence-electron chi connectivity index (χ4n) is 6.57. The number of sulfone groups is 1. The van der Waals surface area contributed by atoms with Crippen LogP contribution in [0.5, 0.6) is 5.75 Å². The largest absolute Gasteiger partial charge is 0.491 e. The lowest BCUT2D eigenvalue weighted by Crippen LogP contribution is -2.42. The van der Waals surface area contributed by atoms with Crippen LogP contribution in [0, 0.1) is 0 Å². The van der Waals surface area contributed by atoms with Crippen molar-refractivity contribution in [2.45, 2.75) is 36.7 Å². The van der Waals surface area contributed by atoms with Crippen LogP contribution in [-0.4, -0.2) is 71.3 Å². The van der Waals surface area contributed by atoms with Gasteiger partial charge in [-0.15, -0.1) is 0 Å². The number of hydrogen-bond acceptors (Lipinski definition) is 13. The molecular formula is C35H35N2O15P3S. The molecule has 1 fully saturated rings. The number of carbonyl (C=O) groups excluding carboxylic acids is 1. The van der Waals surface area contributed by atoms with Crippen LogP contribution in [0.15, 0.2) is 114 Å². The Bertz CT molecular complexity index is 2610. The number of nitrogens with one attached hydrogen (secondary N) is 1. The Morgan fingerprint density at radius 2 is 1.50 bits per heavy atom. The molecule has 7 rings (SSSR count). The predicted molar refractivity (Wildman–Crippen MR) is 203 cm³/mol. The number of phosphoric acid groups is 3. The van der Waals surface area contributed by atoms with Crippen molar-refractivity contribution < 1.29 is 68.7 Å². The van der Waals surface area contributed by atoms with E-state index in [4.69, 9.17) is 18.5 Å². The number of nitrogens with zero attached hydrogens (tertiary/aromatic N) is 1. The van der Waals surface area contributed by atoms with E-state index in [1.54, 1.807) is 55.5 Å². The lowest BCUT2D eigenvalue weighted by molar-refractivity contribution is -0.118. The SMILES string of the molecule is C=C1NC(=O)C(C)=CN1[C@H]1CC(OP(=O)(O)OP(=O)(O)OP(=O)(O)OCCS(=O)(=O)c2ccc3ccc4cccc5ccc2c3c45)[C@@H](COc2ccccc2)O1. The van der Waals surface area contributed by atoms with E-state index in [1.807, 2.05) is 30.3 Å². The smallest absolute Gasteiger partial charge is 0.490 e. The number of rotatable bonds is 15. The van der Waals surface area contributed by atoms with Gasteiger partial charge >= 0.3 is 23.5 Å². The molecule has 1 saturated heterocycles. The van der Waals surface area contributed by atoms with Crippen molar-refractivity contribution in [3.8, 4) is 5.75 Å². The van der Waals surface area contributed by atoms with Crippen molar-refractivity contribution in [3.05, 3.63) is 109 Å².